The van der Waals surface area contributed by atoms with Crippen LogP contribution in [0.5, 0.6) is 5.75 Å². The van der Waals surface area contributed by atoms with Gasteiger partial charge in [-0.25, -0.2) is 14.0 Å². The highest BCUT2D eigenvalue weighted by Gasteiger charge is 2.24. The summed E-state index contributed by atoms with van der Waals surface area (Å²) in [6, 6.07) is 21.5. The Balaban J connectivity index is 1.48. The summed E-state index contributed by atoms with van der Waals surface area (Å²) < 4.78 is 28.5. The molecule has 0 unspecified atom stereocenters. The molecule has 10 heteroatoms. The van der Waals surface area contributed by atoms with Crippen molar-refractivity contribution in [3.8, 4) is 11.8 Å². The van der Waals surface area contributed by atoms with Crippen LogP contribution >= 0.6 is 0 Å². The maximum atomic E-state index is 13.0. The molecule has 0 aliphatic heterocycles. The number of hydrogen-bond acceptors (Lipinski definition) is 7. The van der Waals surface area contributed by atoms with Crippen molar-refractivity contribution < 1.29 is 33.0 Å². The topological polar surface area (TPSA) is 127 Å². The number of rotatable bonds is 11. The molecule has 0 saturated carbocycles. The normalized spacial score (nSPS) is 10.9. The van der Waals surface area contributed by atoms with Crippen molar-refractivity contribution in [3.05, 3.63) is 95.8 Å². The molecule has 9 nitrogen and oxygen atoms in total. The lowest BCUT2D eigenvalue weighted by molar-refractivity contribution is -0.145. The largest absolute Gasteiger partial charge is 0.491 e. The molecular weight excluding hydrogens is 481 g/mol. The number of carbonyl (C=O) groups is 3. The van der Waals surface area contributed by atoms with Gasteiger partial charge in [-0.15, -0.1) is 0 Å². The molecule has 0 radical (unpaired) electrons. The number of para-hydroxylation sites is 1. The van der Waals surface area contributed by atoms with Crippen molar-refractivity contribution in [2.75, 3.05) is 18.5 Å². The summed E-state index contributed by atoms with van der Waals surface area (Å²) in [7, 11) is 0. The maximum Gasteiger partial charge on any atom is 0.408 e. The number of anilines is 1. The number of benzene rings is 3. The molecular formula is C27H24FN3O6. The van der Waals surface area contributed by atoms with E-state index in [4.69, 9.17) is 19.5 Å². The van der Waals surface area contributed by atoms with E-state index < -0.39 is 24.7 Å². The number of nitrogens with zero attached hydrogens (tertiary/aromatic N) is 1. The SMILES string of the molecule is N#CCOC(=O)[C@@H](COc1ccccc1)NC(=O)OCc1ccc(NC(=O)Cc2ccc(F)cc2)cc1. The van der Waals surface area contributed by atoms with Crippen LogP contribution in [-0.2, 0) is 32.1 Å². The minimum atomic E-state index is -1.19. The van der Waals surface area contributed by atoms with E-state index in [0.29, 0.717) is 22.6 Å². The van der Waals surface area contributed by atoms with Crippen LogP contribution in [0.4, 0.5) is 14.9 Å². The van der Waals surface area contributed by atoms with Crippen LogP contribution < -0.4 is 15.4 Å². The smallest absolute Gasteiger partial charge is 0.408 e. The lowest BCUT2D eigenvalue weighted by Crippen LogP contribution is -2.46. The first-order valence-corrected chi connectivity index (χ1v) is 11.2. The molecule has 2 N–H and O–H groups in total. The minimum Gasteiger partial charge on any atom is -0.491 e. The second kappa shape index (κ2) is 13.8. The van der Waals surface area contributed by atoms with Crippen LogP contribution in [0.1, 0.15) is 11.1 Å². The van der Waals surface area contributed by atoms with Crippen LogP contribution in [0.15, 0.2) is 78.9 Å². The Kier molecular flexibility index (Phi) is 9.99. The van der Waals surface area contributed by atoms with Gasteiger partial charge in [0.2, 0.25) is 5.91 Å². The molecule has 3 aromatic rings. The van der Waals surface area contributed by atoms with E-state index in [-0.39, 0.29) is 31.4 Å². The van der Waals surface area contributed by atoms with Gasteiger partial charge in [0.05, 0.1) is 6.42 Å². The molecule has 1 atom stereocenters. The lowest BCUT2D eigenvalue weighted by Gasteiger charge is -2.17. The molecule has 0 spiro atoms. The molecule has 190 valence electrons. The molecule has 0 aliphatic rings. The van der Waals surface area contributed by atoms with E-state index in [1.807, 2.05) is 0 Å². The predicted octanol–water partition coefficient (Wildman–Crippen LogP) is 3.75. The fourth-order valence-electron chi connectivity index (χ4n) is 3.08. The highest BCUT2D eigenvalue weighted by Crippen LogP contribution is 2.13. The molecule has 0 saturated heterocycles. The number of esters is 1. The first kappa shape index (κ1) is 26.7. The van der Waals surface area contributed by atoms with Crippen LogP contribution in [0.25, 0.3) is 0 Å². The molecule has 3 aromatic carbocycles. The van der Waals surface area contributed by atoms with Gasteiger partial charge in [-0.1, -0.05) is 42.5 Å². The van der Waals surface area contributed by atoms with E-state index in [2.05, 4.69) is 10.6 Å². The van der Waals surface area contributed by atoms with Gasteiger partial charge in [0, 0.05) is 5.69 Å². The van der Waals surface area contributed by atoms with Crippen molar-refractivity contribution in [1.29, 1.82) is 5.26 Å². The van der Waals surface area contributed by atoms with Crippen molar-refractivity contribution in [1.82, 2.24) is 5.32 Å². The summed E-state index contributed by atoms with van der Waals surface area (Å²) in [5.74, 6) is -0.983. The quantitative estimate of drug-likeness (QED) is 0.380. The third kappa shape index (κ3) is 9.33. The number of alkyl carbamates (subject to hydrolysis) is 1. The van der Waals surface area contributed by atoms with Gasteiger partial charge in [0.15, 0.2) is 12.6 Å². The summed E-state index contributed by atoms with van der Waals surface area (Å²) in [6.45, 7) is -0.797. The van der Waals surface area contributed by atoms with E-state index in [1.54, 1.807) is 72.8 Å². The highest BCUT2D eigenvalue weighted by atomic mass is 19.1. The number of ether oxygens (including phenoxy) is 3. The Bertz CT molecular complexity index is 1230. The number of nitriles is 1. The third-order valence-corrected chi connectivity index (χ3v) is 4.90. The van der Waals surface area contributed by atoms with E-state index in [1.165, 1.54) is 12.1 Å². The van der Waals surface area contributed by atoms with Crippen molar-refractivity contribution >= 4 is 23.7 Å². The summed E-state index contributed by atoms with van der Waals surface area (Å²) in [5, 5.41) is 13.8. The fourth-order valence-corrected chi connectivity index (χ4v) is 3.08. The highest BCUT2D eigenvalue weighted by molar-refractivity contribution is 5.92. The predicted molar refractivity (Wildman–Crippen MR) is 131 cm³/mol. The van der Waals surface area contributed by atoms with Crippen LogP contribution in [0.2, 0.25) is 0 Å². The van der Waals surface area contributed by atoms with Gasteiger partial charge in [0.1, 0.15) is 30.8 Å². The number of amides is 2. The summed E-state index contributed by atoms with van der Waals surface area (Å²) in [5.41, 5.74) is 1.86. The molecule has 2 amide bonds. The van der Waals surface area contributed by atoms with Crippen LogP contribution in [0.3, 0.4) is 0 Å². The van der Waals surface area contributed by atoms with E-state index in [9.17, 15) is 18.8 Å². The van der Waals surface area contributed by atoms with Gasteiger partial charge in [-0.05, 0) is 47.5 Å². The molecule has 3 rings (SSSR count). The first-order chi connectivity index (χ1) is 17.9. The van der Waals surface area contributed by atoms with Crippen LogP contribution in [-0.4, -0.2) is 37.2 Å². The van der Waals surface area contributed by atoms with E-state index >= 15 is 0 Å². The average molecular weight is 506 g/mol. The molecule has 0 aromatic heterocycles. The van der Waals surface area contributed by atoms with Gasteiger partial charge in [0.25, 0.3) is 0 Å². The van der Waals surface area contributed by atoms with Gasteiger partial charge in [-0.2, -0.15) is 5.26 Å². The second-order valence-electron chi connectivity index (χ2n) is 7.71. The number of hydrogen-bond donors (Lipinski definition) is 2. The Morgan fingerprint density at radius 1 is 0.892 bits per heavy atom. The second-order valence-corrected chi connectivity index (χ2v) is 7.71. The van der Waals surface area contributed by atoms with Crippen molar-refractivity contribution in [2.45, 2.75) is 19.1 Å². The summed E-state index contributed by atoms with van der Waals surface area (Å²) >= 11 is 0. The zero-order valence-corrected chi connectivity index (χ0v) is 19.7. The molecule has 0 heterocycles. The molecule has 0 aliphatic carbocycles. The third-order valence-electron chi connectivity index (χ3n) is 4.90. The molecule has 0 fully saturated rings. The average Bonchev–Trinajstić information content (AvgIpc) is 2.91. The Morgan fingerprint density at radius 3 is 2.24 bits per heavy atom. The van der Waals surface area contributed by atoms with Crippen molar-refractivity contribution in [2.24, 2.45) is 0 Å². The van der Waals surface area contributed by atoms with Crippen LogP contribution in [0, 0.1) is 17.1 Å². The number of carbonyl (C=O) groups excluding carboxylic acids is 3. The fraction of sp³-hybridized carbons (Fsp3) is 0.185. The zero-order chi connectivity index (χ0) is 26.5. The van der Waals surface area contributed by atoms with Gasteiger partial charge < -0.3 is 24.8 Å². The van der Waals surface area contributed by atoms with E-state index in [0.717, 1.165) is 0 Å². The lowest BCUT2D eigenvalue weighted by atomic mass is 10.1. The van der Waals surface area contributed by atoms with Crippen molar-refractivity contribution in [3.63, 3.8) is 0 Å². The molecule has 0 bridgehead atoms. The maximum absolute atomic E-state index is 13.0. The zero-order valence-electron chi connectivity index (χ0n) is 19.7. The Hall–Kier alpha value is -4.91. The number of halogens is 1. The number of nitrogens with one attached hydrogen (secondary N) is 2. The first-order valence-electron chi connectivity index (χ1n) is 11.2. The Morgan fingerprint density at radius 2 is 1.57 bits per heavy atom. The summed E-state index contributed by atoms with van der Waals surface area (Å²) in [4.78, 5) is 36.7. The molecule has 37 heavy (non-hydrogen) atoms. The standard InChI is InChI=1S/C27H24FN3O6/c28-21-10-6-19(7-11-21)16-25(32)30-22-12-8-20(9-13-22)17-37-27(34)31-24(26(33)35-15-14-29)18-36-23-4-2-1-3-5-23/h1-13,24H,15-18H2,(H,30,32)(H,31,34)/t24-/m1/s1. The Labute approximate surface area is 212 Å². The minimum absolute atomic E-state index is 0.0945. The van der Waals surface area contributed by atoms with Gasteiger partial charge in [-0.3, -0.25) is 4.79 Å². The van der Waals surface area contributed by atoms with Gasteiger partial charge >= 0.3 is 12.1 Å². The summed E-state index contributed by atoms with van der Waals surface area (Å²) in [6.07, 6.45) is -0.788. The monoisotopic (exact) mass is 505 g/mol.